The van der Waals surface area contributed by atoms with E-state index >= 15 is 0 Å². The second-order valence-electron chi connectivity index (χ2n) is 6.63. The Morgan fingerprint density at radius 3 is 2.81 bits per heavy atom. The number of rotatable bonds is 2. The topological polar surface area (TPSA) is 82.3 Å². The number of amidine groups is 1. The molecule has 4 rings (SSSR count). The summed E-state index contributed by atoms with van der Waals surface area (Å²) < 4.78 is 28.7. The number of halogens is 1. The van der Waals surface area contributed by atoms with Crippen molar-refractivity contribution < 1.29 is 13.5 Å². The Balaban J connectivity index is 1.79. The maximum atomic E-state index is 12.4. The number of aliphatic hydroxyl groups excluding tert-OH is 1. The molecule has 0 amide bonds. The van der Waals surface area contributed by atoms with Gasteiger partial charge in [-0.25, -0.2) is 5.01 Å². The van der Waals surface area contributed by atoms with Gasteiger partial charge in [0.05, 0.1) is 18.4 Å². The maximum absolute atomic E-state index is 12.4. The Bertz CT molecular complexity index is 1080. The molecule has 6 nitrogen and oxygen atoms in total. The van der Waals surface area contributed by atoms with Crippen LogP contribution >= 0.6 is 11.6 Å². The van der Waals surface area contributed by atoms with Crippen LogP contribution in [0.3, 0.4) is 0 Å². The smallest absolute Gasteiger partial charge is 0.285 e. The van der Waals surface area contributed by atoms with E-state index in [0.717, 1.165) is 24.1 Å². The van der Waals surface area contributed by atoms with Gasteiger partial charge in [0.2, 0.25) is 0 Å². The lowest BCUT2D eigenvalue weighted by molar-refractivity contribution is 0.282. The van der Waals surface area contributed by atoms with Gasteiger partial charge < -0.3 is 5.11 Å². The van der Waals surface area contributed by atoms with Crippen LogP contribution < -0.4 is 0 Å². The molecule has 0 fully saturated rings. The molecule has 2 aromatic rings. The monoisotopic (exact) mass is 403 g/mol. The van der Waals surface area contributed by atoms with Crippen LogP contribution in [-0.2, 0) is 16.6 Å². The van der Waals surface area contributed by atoms with Gasteiger partial charge in [0.25, 0.3) is 10.0 Å². The zero-order chi connectivity index (χ0) is 19.2. The Hall–Kier alpha value is -2.22. The summed E-state index contributed by atoms with van der Waals surface area (Å²) in [5, 5.41) is 16.4. The molecule has 0 saturated carbocycles. The number of nitrogens with zero attached hydrogens (tertiary/aromatic N) is 3. The maximum Gasteiger partial charge on any atom is 0.285 e. The molecule has 2 heterocycles. The van der Waals surface area contributed by atoms with Crippen LogP contribution in [0.4, 0.5) is 0 Å². The highest BCUT2D eigenvalue weighted by Gasteiger charge is 2.35. The molecule has 2 aliphatic heterocycles. The molecule has 0 radical (unpaired) electrons. The molecule has 0 bridgehead atoms. The number of fused-ring (bicyclic) bond motifs is 1. The number of hydrogen-bond acceptors (Lipinski definition) is 5. The molecule has 140 valence electrons. The van der Waals surface area contributed by atoms with Gasteiger partial charge >= 0.3 is 0 Å². The summed E-state index contributed by atoms with van der Waals surface area (Å²) in [6.07, 6.45) is 1.54. The molecule has 0 saturated heterocycles. The van der Waals surface area contributed by atoms with Gasteiger partial charge in [0, 0.05) is 10.6 Å². The Labute approximate surface area is 162 Å². The van der Waals surface area contributed by atoms with E-state index in [1.807, 2.05) is 19.1 Å². The third-order valence-electron chi connectivity index (χ3n) is 4.82. The molecular formula is C19H18ClN3O3S. The van der Waals surface area contributed by atoms with Crippen LogP contribution in [0, 0.1) is 0 Å². The highest BCUT2D eigenvalue weighted by molar-refractivity contribution is 7.90. The van der Waals surface area contributed by atoms with Crippen molar-refractivity contribution in [1.82, 2.24) is 5.01 Å². The zero-order valence-electron chi connectivity index (χ0n) is 14.6. The fourth-order valence-corrected chi connectivity index (χ4v) is 4.71. The molecular weight excluding hydrogens is 386 g/mol. The van der Waals surface area contributed by atoms with Crippen molar-refractivity contribution in [1.29, 1.82) is 0 Å². The summed E-state index contributed by atoms with van der Waals surface area (Å²) in [5.74, 6) is 0.353. The van der Waals surface area contributed by atoms with E-state index in [-0.39, 0.29) is 17.5 Å². The molecule has 0 spiro atoms. The Morgan fingerprint density at radius 2 is 2.04 bits per heavy atom. The van der Waals surface area contributed by atoms with Crippen molar-refractivity contribution in [2.24, 2.45) is 9.50 Å². The first-order chi connectivity index (χ1) is 12.9. The van der Waals surface area contributed by atoms with E-state index in [0.29, 0.717) is 22.0 Å². The number of hydrogen-bond donors (Lipinski definition) is 1. The number of hydrazone groups is 1. The SMILES string of the molecule is CC1CCC(c2ccc(Cl)c(CO)c2)=NN1C1=NS(=O)(=O)c2ccccc21. The van der Waals surface area contributed by atoms with E-state index in [1.165, 1.54) is 0 Å². The summed E-state index contributed by atoms with van der Waals surface area (Å²) in [4.78, 5) is 0.212. The van der Waals surface area contributed by atoms with Crippen molar-refractivity contribution >= 4 is 33.2 Å². The lowest BCUT2D eigenvalue weighted by atomic mass is 9.99. The van der Waals surface area contributed by atoms with E-state index in [9.17, 15) is 13.5 Å². The Kier molecular flexibility index (Phi) is 4.53. The molecule has 2 aliphatic rings. The third kappa shape index (κ3) is 3.16. The van der Waals surface area contributed by atoms with Gasteiger partial charge in [-0.05, 0) is 55.2 Å². The van der Waals surface area contributed by atoms with Gasteiger partial charge in [-0.3, -0.25) is 0 Å². The molecule has 1 N–H and O–H groups in total. The highest BCUT2D eigenvalue weighted by atomic mass is 35.5. The van der Waals surface area contributed by atoms with Gasteiger partial charge in [0.1, 0.15) is 4.90 Å². The summed E-state index contributed by atoms with van der Waals surface area (Å²) >= 11 is 6.08. The normalized spacial score (nSPS) is 20.9. The second-order valence-corrected chi connectivity index (χ2v) is 8.61. The van der Waals surface area contributed by atoms with Crippen LogP contribution in [0.25, 0.3) is 0 Å². The summed E-state index contributed by atoms with van der Waals surface area (Å²) in [6, 6.07) is 12.2. The van der Waals surface area contributed by atoms with Crippen LogP contribution in [0.1, 0.15) is 36.5 Å². The summed E-state index contributed by atoms with van der Waals surface area (Å²) in [5.41, 5.74) is 2.87. The molecule has 1 unspecified atom stereocenters. The van der Waals surface area contributed by atoms with Crippen LogP contribution in [0.5, 0.6) is 0 Å². The van der Waals surface area contributed by atoms with Crippen LogP contribution in [0.2, 0.25) is 5.02 Å². The van der Waals surface area contributed by atoms with Gasteiger partial charge in [-0.1, -0.05) is 29.8 Å². The number of benzene rings is 2. The van der Waals surface area contributed by atoms with E-state index in [1.54, 1.807) is 35.3 Å². The molecule has 0 aromatic heterocycles. The van der Waals surface area contributed by atoms with E-state index in [2.05, 4.69) is 4.40 Å². The second kappa shape index (κ2) is 6.74. The largest absolute Gasteiger partial charge is 0.392 e. The van der Waals surface area contributed by atoms with E-state index < -0.39 is 10.0 Å². The standard InChI is InChI=1S/C19H18ClN3O3S/c1-12-6-9-17(13-7-8-16(20)14(10-13)11-24)21-23(12)19-15-4-2-3-5-18(15)27(25,26)22-19/h2-5,7-8,10,12,24H,6,9,11H2,1H3. The average Bonchev–Trinajstić information content (AvgIpc) is 2.94. The van der Waals surface area contributed by atoms with Crippen molar-refractivity contribution in [2.75, 3.05) is 0 Å². The first kappa shape index (κ1) is 18.2. The Morgan fingerprint density at radius 1 is 1.26 bits per heavy atom. The lowest BCUT2D eigenvalue weighted by Crippen LogP contribution is -2.38. The van der Waals surface area contributed by atoms with Crippen molar-refractivity contribution in [3.05, 3.63) is 64.2 Å². The first-order valence-electron chi connectivity index (χ1n) is 8.61. The zero-order valence-corrected chi connectivity index (χ0v) is 16.2. The quantitative estimate of drug-likeness (QED) is 0.834. The molecule has 8 heteroatoms. The molecule has 1 atom stereocenters. The van der Waals surface area contributed by atoms with Gasteiger partial charge in [-0.2, -0.15) is 13.5 Å². The fourth-order valence-electron chi connectivity index (χ4n) is 3.33. The minimum Gasteiger partial charge on any atom is -0.392 e. The third-order valence-corrected chi connectivity index (χ3v) is 6.52. The van der Waals surface area contributed by atoms with Crippen molar-refractivity contribution in [3.63, 3.8) is 0 Å². The minimum absolute atomic E-state index is 0.0125. The van der Waals surface area contributed by atoms with Crippen LogP contribution in [-0.4, -0.2) is 36.1 Å². The predicted molar refractivity (Wildman–Crippen MR) is 105 cm³/mol. The fraction of sp³-hybridized carbons (Fsp3) is 0.263. The summed E-state index contributed by atoms with van der Waals surface area (Å²) in [6.45, 7) is 1.84. The van der Waals surface area contributed by atoms with Gasteiger partial charge in [0.15, 0.2) is 5.84 Å². The minimum atomic E-state index is -3.70. The molecule has 27 heavy (non-hydrogen) atoms. The van der Waals surface area contributed by atoms with Crippen molar-refractivity contribution in [2.45, 2.75) is 37.3 Å². The average molecular weight is 404 g/mol. The molecule has 2 aromatic carbocycles. The van der Waals surface area contributed by atoms with Crippen molar-refractivity contribution in [3.8, 4) is 0 Å². The number of sulfonamides is 1. The first-order valence-corrected chi connectivity index (χ1v) is 10.4. The number of aliphatic hydroxyl groups is 1. The highest BCUT2D eigenvalue weighted by Crippen LogP contribution is 2.31. The van der Waals surface area contributed by atoms with Gasteiger partial charge in [-0.15, -0.1) is 4.40 Å². The van der Waals surface area contributed by atoms with E-state index in [4.69, 9.17) is 16.7 Å². The molecule has 0 aliphatic carbocycles. The van der Waals surface area contributed by atoms with Crippen LogP contribution in [0.15, 0.2) is 56.9 Å². The predicted octanol–water partition coefficient (Wildman–Crippen LogP) is 3.17. The summed E-state index contributed by atoms with van der Waals surface area (Å²) in [7, 11) is -3.70. The lowest BCUT2D eigenvalue weighted by Gasteiger charge is -2.31.